The Labute approximate surface area is 158 Å². The third kappa shape index (κ3) is 4.70. The molecule has 0 aromatic carbocycles. The van der Waals surface area contributed by atoms with Crippen LogP contribution in [-0.2, 0) is 16.0 Å². The highest BCUT2D eigenvalue weighted by molar-refractivity contribution is 5.78. The zero-order valence-electron chi connectivity index (χ0n) is 15.4. The van der Waals surface area contributed by atoms with Crippen molar-refractivity contribution in [3.05, 3.63) is 30.4 Å². The SMILES string of the molecule is O=C(CN1CCOCC1)N1CCC(CCc2noc(-c3cccnc3)n2)C1. The molecule has 0 aliphatic carbocycles. The Bertz CT molecular complexity index is 745. The summed E-state index contributed by atoms with van der Waals surface area (Å²) in [7, 11) is 0. The highest BCUT2D eigenvalue weighted by Gasteiger charge is 2.27. The molecule has 2 aromatic heterocycles. The fourth-order valence-electron chi connectivity index (χ4n) is 3.64. The first kappa shape index (κ1) is 18.1. The van der Waals surface area contributed by atoms with Crippen LogP contribution in [0.3, 0.4) is 0 Å². The highest BCUT2D eigenvalue weighted by atomic mass is 16.5. The fourth-order valence-corrected chi connectivity index (χ4v) is 3.64. The van der Waals surface area contributed by atoms with Gasteiger partial charge < -0.3 is 14.2 Å². The van der Waals surface area contributed by atoms with Crippen molar-refractivity contribution >= 4 is 5.91 Å². The maximum Gasteiger partial charge on any atom is 0.259 e. The molecule has 0 spiro atoms. The van der Waals surface area contributed by atoms with Gasteiger partial charge in [-0.25, -0.2) is 0 Å². The summed E-state index contributed by atoms with van der Waals surface area (Å²) in [6.45, 7) is 5.33. The molecule has 2 aliphatic heterocycles. The molecule has 1 amide bonds. The van der Waals surface area contributed by atoms with E-state index in [1.165, 1.54) is 0 Å². The Morgan fingerprint density at radius 1 is 1.26 bits per heavy atom. The van der Waals surface area contributed by atoms with Crippen LogP contribution in [0, 0.1) is 5.92 Å². The number of carbonyl (C=O) groups is 1. The van der Waals surface area contributed by atoms with Gasteiger partial charge in [0.1, 0.15) is 0 Å². The summed E-state index contributed by atoms with van der Waals surface area (Å²) in [6.07, 6.45) is 6.20. The topological polar surface area (TPSA) is 84.6 Å². The van der Waals surface area contributed by atoms with Gasteiger partial charge in [0.05, 0.1) is 25.3 Å². The van der Waals surface area contributed by atoms with Gasteiger partial charge in [-0.1, -0.05) is 5.16 Å². The van der Waals surface area contributed by atoms with E-state index in [4.69, 9.17) is 9.26 Å². The van der Waals surface area contributed by atoms with Crippen molar-refractivity contribution < 1.29 is 14.1 Å². The molecular formula is C19H25N5O3. The van der Waals surface area contributed by atoms with Gasteiger partial charge >= 0.3 is 0 Å². The summed E-state index contributed by atoms with van der Waals surface area (Å²) in [5.74, 6) is 1.95. The second kappa shape index (κ2) is 8.58. The molecule has 2 aliphatic rings. The zero-order chi connectivity index (χ0) is 18.5. The van der Waals surface area contributed by atoms with Crippen LogP contribution in [0.1, 0.15) is 18.7 Å². The molecule has 1 unspecified atom stereocenters. The molecule has 0 radical (unpaired) electrons. The molecule has 144 valence electrons. The van der Waals surface area contributed by atoms with Crippen LogP contribution in [-0.4, -0.2) is 76.8 Å². The second-order valence-corrected chi connectivity index (χ2v) is 7.18. The van der Waals surface area contributed by atoms with Gasteiger partial charge in [0, 0.05) is 45.0 Å². The third-order valence-corrected chi connectivity index (χ3v) is 5.25. The number of pyridine rings is 1. The van der Waals surface area contributed by atoms with E-state index < -0.39 is 0 Å². The molecule has 2 saturated heterocycles. The summed E-state index contributed by atoms with van der Waals surface area (Å²) >= 11 is 0. The van der Waals surface area contributed by atoms with E-state index in [1.54, 1.807) is 12.4 Å². The molecule has 0 bridgehead atoms. The Morgan fingerprint density at radius 2 is 2.15 bits per heavy atom. The van der Waals surface area contributed by atoms with Crippen LogP contribution < -0.4 is 0 Å². The molecule has 8 nitrogen and oxygen atoms in total. The van der Waals surface area contributed by atoms with E-state index in [0.29, 0.717) is 24.2 Å². The summed E-state index contributed by atoms with van der Waals surface area (Å²) in [6, 6.07) is 3.75. The summed E-state index contributed by atoms with van der Waals surface area (Å²) in [5.41, 5.74) is 0.831. The maximum absolute atomic E-state index is 12.5. The van der Waals surface area contributed by atoms with Crippen molar-refractivity contribution in [3.63, 3.8) is 0 Å². The molecule has 27 heavy (non-hydrogen) atoms. The van der Waals surface area contributed by atoms with E-state index in [0.717, 1.165) is 64.2 Å². The number of likely N-dealkylation sites (tertiary alicyclic amines) is 1. The van der Waals surface area contributed by atoms with Gasteiger partial charge in [0.15, 0.2) is 5.82 Å². The quantitative estimate of drug-likeness (QED) is 0.755. The second-order valence-electron chi connectivity index (χ2n) is 7.18. The minimum atomic E-state index is 0.234. The predicted molar refractivity (Wildman–Crippen MR) is 97.8 cm³/mol. The van der Waals surface area contributed by atoms with Gasteiger partial charge in [-0.15, -0.1) is 0 Å². The number of rotatable bonds is 6. The van der Waals surface area contributed by atoms with E-state index in [9.17, 15) is 4.79 Å². The number of hydrogen-bond acceptors (Lipinski definition) is 7. The number of aryl methyl sites for hydroxylation is 1. The average Bonchev–Trinajstić information content (AvgIpc) is 3.38. The van der Waals surface area contributed by atoms with Gasteiger partial charge in [0.25, 0.3) is 5.89 Å². The first-order valence-electron chi connectivity index (χ1n) is 9.59. The van der Waals surface area contributed by atoms with E-state index in [2.05, 4.69) is 20.0 Å². The van der Waals surface area contributed by atoms with Crippen molar-refractivity contribution in [2.24, 2.45) is 5.92 Å². The number of hydrogen-bond donors (Lipinski definition) is 0. The van der Waals surface area contributed by atoms with Crippen LogP contribution in [0.25, 0.3) is 11.5 Å². The molecule has 4 rings (SSSR count). The van der Waals surface area contributed by atoms with Crippen LogP contribution >= 0.6 is 0 Å². The van der Waals surface area contributed by atoms with Crippen LogP contribution in [0.15, 0.2) is 29.0 Å². The molecule has 1 atom stereocenters. The van der Waals surface area contributed by atoms with Crippen molar-refractivity contribution in [2.75, 3.05) is 45.9 Å². The Morgan fingerprint density at radius 3 is 2.96 bits per heavy atom. The minimum Gasteiger partial charge on any atom is -0.379 e. The summed E-state index contributed by atoms with van der Waals surface area (Å²) < 4.78 is 10.7. The number of nitrogens with zero attached hydrogens (tertiary/aromatic N) is 5. The largest absolute Gasteiger partial charge is 0.379 e. The first-order chi connectivity index (χ1) is 13.3. The lowest BCUT2D eigenvalue weighted by atomic mass is 10.0. The van der Waals surface area contributed by atoms with Gasteiger partial charge in [-0.2, -0.15) is 4.98 Å². The molecule has 4 heterocycles. The van der Waals surface area contributed by atoms with Crippen molar-refractivity contribution in [3.8, 4) is 11.5 Å². The molecule has 0 saturated carbocycles. The molecule has 0 N–H and O–H groups in total. The Hall–Kier alpha value is -2.32. The highest BCUT2D eigenvalue weighted by Crippen LogP contribution is 2.22. The lowest BCUT2D eigenvalue weighted by Crippen LogP contribution is -2.44. The van der Waals surface area contributed by atoms with E-state index in [-0.39, 0.29) is 5.91 Å². The smallest absolute Gasteiger partial charge is 0.259 e. The first-order valence-corrected chi connectivity index (χ1v) is 9.59. The monoisotopic (exact) mass is 371 g/mol. The molecule has 2 aromatic rings. The fraction of sp³-hybridized carbons (Fsp3) is 0.579. The van der Waals surface area contributed by atoms with Gasteiger partial charge in [0.2, 0.25) is 5.91 Å². The summed E-state index contributed by atoms with van der Waals surface area (Å²) in [5, 5.41) is 4.07. The molecular weight excluding hydrogens is 346 g/mol. The minimum absolute atomic E-state index is 0.234. The number of aromatic nitrogens is 3. The summed E-state index contributed by atoms with van der Waals surface area (Å²) in [4.78, 5) is 25.2. The Kier molecular flexibility index (Phi) is 5.74. The van der Waals surface area contributed by atoms with Crippen LogP contribution in [0.4, 0.5) is 0 Å². The maximum atomic E-state index is 12.5. The lowest BCUT2D eigenvalue weighted by Gasteiger charge is -2.28. The number of ether oxygens (including phenoxy) is 1. The van der Waals surface area contributed by atoms with Crippen molar-refractivity contribution in [1.29, 1.82) is 0 Å². The number of morpholine rings is 1. The average molecular weight is 371 g/mol. The lowest BCUT2D eigenvalue weighted by molar-refractivity contribution is -0.132. The van der Waals surface area contributed by atoms with Gasteiger partial charge in [-0.05, 0) is 30.9 Å². The Balaban J connectivity index is 1.23. The van der Waals surface area contributed by atoms with E-state index >= 15 is 0 Å². The number of carbonyl (C=O) groups excluding carboxylic acids is 1. The zero-order valence-corrected chi connectivity index (χ0v) is 15.4. The normalized spacial score (nSPS) is 20.9. The number of amides is 1. The molecule has 8 heteroatoms. The van der Waals surface area contributed by atoms with Crippen molar-refractivity contribution in [1.82, 2.24) is 24.9 Å². The predicted octanol–water partition coefficient (Wildman–Crippen LogP) is 1.24. The molecule has 2 fully saturated rings. The van der Waals surface area contributed by atoms with Crippen LogP contribution in [0.5, 0.6) is 0 Å². The van der Waals surface area contributed by atoms with Crippen LogP contribution in [0.2, 0.25) is 0 Å². The standard InChI is InChI=1S/C19H25N5O3/c25-18(14-23-8-10-26-11-9-23)24-7-5-15(13-24)3-4-17-21-19(27-22-17)16-2-1-6-20-12-16/h1-2,6,12,15H,3-5,7-11,13-14H2. The van der Waals surface area contributed by atoms with Gasteiger partial charge in [-0.3, -0.25) is 14.7 Å². The third-order valence-electron chi connectivity index (χ3n) is 5.25. The van der Waals surface area contributed by atoms with E-state index in [1.807, 2.05) is 17.0 Å². The van der Waals surface area contributed by atoms with Crippen molar-refractivity contribution in [2.45, 2.75) is 19.3 Å².